The van der Waals surface area contributed by atoms with E-state index in [1.807, 2.05) is 0 Å². The van der Waals surface area contributed by atoms with Crippen LogP contribution in [0.5, 0.6) is 0 Å². The molecule has 0 radical (unpaired) electrons. The highest BCUT2D eigenvalue weighted by Gasteiger charge is 2.67. The van der Waals surface area contributed by atoms with Crippen LogP contribution >= 0.6 is 0 Å². The number of hydrogen-bond donors (Lipinski definition) is 3. The van der Waals surface area contributed by atoms with Crippen LogP contribution in [0.15, 0.2) is 36.5 Å². The number of benzene rings is 1. The molecule has 2 aliphatic heterocycles. The van der Waals surface area contributed by atoms with E-state index < -0.39 is 43.8 Å². The largest absolute Gasteiger partial charge is 0.344 e. The van der Waals surface area contributed by atoms with Gasteiger partial charge in [0.2, 0.25) is 21.9 Å². The molecule has 1 aromatic carbocycles. The SMILES string of the molecule is CN1C(=N)N[C@](C)(c2cc(NC(=O)c3ccc(F)cn3)ccc2F)C2(CCN(C(=O)CC3CC3)C2)S1(=O)=O. The minimum absolute atomic E-state index is 0.0301. The van der Waals surface area contributed by atoms with Crippen LogP contribution < -0.4 is 10.6 Å². The molecule has 2 saturated heterocycles. The zero-order chi connectivity index (χ0) is 27.5. The number of carbonyl (C=O) groups is 2. The summed E-state index contributed by atoms with van der Waals surface area (Å²) in [7, 11) is -2.98. The number of guanidine groups is 1. The summed E-state index contributed by atoms with van der Waals surface area (Å²) in [6, 6.07) is 6.00. The lowest BCUT2D eigenvalue weighted by atomic mass is 9.77. The molecule has 1 unspecified atom stereocenters. The molecule has 3 heterocycles. The van der Waals surface area contributed by atoms with Gasteiger partial charge in [0, 0.05) is 37.8 Å². The van der Waals surface area contributed by atoms with Crippen molar-refractivity contribution in [3.63, 3.8) is 0 Å². The van der Waals surface area contributed by atoms with E-state index in [9.17, 15) is 22.4 Å². The van der Waals surface area contributed by atoms with E-state index in [0.717, 1.165) is 35.5 Å². The number of sulfonamides is 1. The molecular formula is C25H28F2N6O4S. The van der Waals surface area contributed by atoms with Gasteiger partial charge in [0.25, 0.3) is 5.91 Å². The van der Waals surface area contributed by atoms with Crippen molar-refractivity contribution in [1.82, 2.24) is 19.5 Å². The Balaban J connectivity index is 1.54. The monoisotopic (exact) mass is 546 g/mol. The van der Waals surface area contributed by atoms with E-state index in [2.05, 4.69) is 15.6 Å². The number of amides is 2. The predicted octanol–water partition coefficient (Wildman–Crippen LogP) is 2.40. The molecular weight excluding hydrogens is 518 g/mol. The molecule has 3 N–H and O–H groups in total. The van der Waals surface area contributed by atoms with Gasteiger partial charge in [0.15, 0.2) is 0 Å². The van der Waals surface area contributed by atoms with Crippen LogP contribution in [0.3, 0.4) is 0 Å². The molecule has 202 valence electrons. The average Bonchev–Trinajstić information content (AvgIpc) is 3.56. The lowest BCUT2D eigenvalue weighted by molar-refractivity contribution is -0.130. The molecule has 1 spiro atoms. The molecule has 38 heavy (non-hydrogen) atoms. The second-order valence-corrected chi connectivity index (χ2v) is 12.6. The van der Waals surface area contributed by atoms with Gasteiger partial charge in [-0.05, 0) is 62.4 Å². The molecule has 1 aromatic heterocycles. The Morgan fingerprint density at radius 1 is 1.24 bits per heavy atom. The van der Waals surface area contributed by atoms with Crippen LogP contribution in [0, 0.1) is 23.0 Å². The second kappa shape index (κ2) is 9.00. The molecule has 1 saturated carbocycles. The molecule has 13 heteroatoms. The zero-order valence-electron chi connectivity index (χ0n) is 20.9. The normalized spacial score (nSPS) is 26.4. The number of pyridine rings is 1. The predicted molar refractivity (Wildman–Crippen MR) is 135 cm³/mol. The maximum absolute atomic E-state index is 15.5. The highest BCUT2D eigenvalue weighted by Crippen LogP contribution is 2.50. The molecule has 10 nitrogen and oxygen atoms in total. The lowest BCUT2D eigenvalue weighted by Gasteiger charge is -2.52. The maximum atomic E-state index is 15.5. The Morgan fingerprint density at radius 2 is 1.97 bits per heavy atom. The van der Waals surface area contributed by atoms with Crippen molar-refractivity contribution in [3.8, 4) is 0 Å². The standard InChI is InChI=1S/C25H28F2N6O4S/c1-24(18-12-17(6-7-19(18)27)30-22(35)20-8-5-16(26)13-29-20)25(38(36,37)32(2)23(28)31-24)9-10-33(14-25)21(34)11-15-3-4-15/h5-8,12-13,15H,3-4,9-11,14H2,1-2H3,(H2,28,31)(H,30,35)/t24-,25?/m1/s1. The van der Waals surface area contributed by atoms with Gasteiger partial charge in [-0.3, -0.25) is 15.0 Å². The van der Waals surface area contributed by atoms with Crippen molar-refractivity contribution in [2.75, 3.05) is 25.5 Å². The van der Waals surface area contributed by atoms with E-state index in [0.29, 0.717) is 12.3 Å². The molecule has 2 amide bonds. The Kier molecular flexibility index (Phi) is 6.16. The third-order valence-electron chi connectivity index (χ3n) is 7.92. The number of nitrogens with one attached hydrogen (secondary N) is 3. The van der Waals surface area contributed by atoms with E-state index in [1.54, 1.807) is 0 Å². The van der Waals surface area contributed by atoms with E-state index in [1.165, 1.54) is 37.1 Å². The smallest absolute Gasteiger partial charge is 0.274 e. The lowest BCUT2D eigenvalue weighted by Crippen LogP contribution is -2.74. The van der Waals surface area contributed by atoms with Crippen molar-refractivity contribution >= 4 is 33.5 Å². The number of likely N-dealkylation sites (tertiary alicyclic amines) is 1. The minimum Gasteiger partial charge on any atom is -0.344 e. The number of halogens is 2. The van der Waals surface area contributed by atoms with Crippen molar-refractivity contribution in [2.24, 2.45) is 5.92 Å². The molecule has 5 rings (SSSR count). The quantitative estimate of drug-likeness (QED) is 0.527. The summed E-state index contributed by atoms with van der Waals surface area (Å²) in [4.78, 5) is 30.8. The van der Waals surface area contributed by atoms with Crippen LogP contribution in [0.2, 0.25) is 0 Å². The summed E-state index contributed by atoms with van der Waals surface area (Å²) < 4.78 is 55.6. The van der Waals surface area contributed by atoms with Crippen LogP contribution in [-0.2, 0) is 20.4 Å². The topological polar surface area (TPSA) is 136 Å². The van der Waals surface area contributed by atoms with Crippen molar-refractivity contribution in [2.45, 2.75) is 42.9 Å². The van der Waals surface area contributed by atoms with E-state index in [4.69, 9.17) is 5.41 Å². The summed E-state index contributed by atoms with van der Waals surface area (Å²) >= 11 is 0. The minimum atomic E-state index is -4.23. The summed E-state index contributed by atoms with van der Waals surface area (Å²) in [5.41, 5.74) is -1.66. The Bertz CT molecular complexity index is 1430. The van der Waals surface area contributed by atoms with Crippen molar-refractivity contribution < 1.29 is 26.8 Å². The fourth-order valence-corrected chi connectivity index (χ4v) is 7.54. The van der Waals surface area contributed by atoms with Crippen molar-refractivity contribution in [3.05, 3.63) is 59.4 Å². The molecule has 1 aliphatic carbocycles. The fourth-order valence-electron chi connectivity index (χ4n) is 5.39. The van der Waals surface area contributed by atoms with Gasteiger partial charge in [0.05, 0.1) is 11.7 Å². The Labute approximate surface area is 219 Å². The van der Waals surface area contributed by atoms with Gasteiger partial charge in [-0.15, -0.1) is 0 Å². The second-order valence-electron chi connectivity index (χ2n) is 10.3. The third-order valence-corrected chi connectivity index (χ3v) is 10.5. The molecule has 2 atom stereocenters. The van der Waals surface area contributed by atoms with Crippen molar-refractivity contribution in [1.29, 1.82) is 5.41 Å². The molecule has 3 aliphatic rings. The highest BCUT2D eigenvalue weighted by atomic mass is 32.2. The Hall–Kier alpha value is -3.61. The number of aromatic nitrogens is 1. The van der Waals surface area contributed by atoms with E-state index in [-0.39, 0.29) is 42.4 Å². The molecule has 0 bridgehead atoms. The fraction of sp³-hybridized carbons (Fsp3) is 0.440. The molecule has 3 fully saturated rings. The maximum Gasteiger partial charge on any atom is 0.274 e. The number of hydrogen-bond acceptors (Lipinski definition) is 6. The first-order valence-corrected chi connectivity index (χ1v) is 13.7. The summed E-state index contributed by atoms with van der Waals surface area (Å²) in [6.45, 7) is 1.52. The van der Waals surface area contributed by atoms with Gasteiger partial charge in [0.1, 0.15) is 22.1 Å². The Morgan fingerprint density at radius 3 is 2.63 bits per heavy atom. The van der Waals surface area contributed by atoms with Gasteiger partial charge in [-0.2, -0.15) is 0 Å². The van der Waals surface area contributed by atoms with Gasteiger partial charge >= 0.3 is 0 Å². The van der Waals surface area contributed by atoms with Crippen LogP contribution in [0.1, 0.15) is 48.7 Å². The van der Waals surface area contributed by atoms with Crippen LogP contribution in [-0.4, -0.2) is 65.3 Å². The highest BCUT2D eigenvalue weighted by molar-refractivity contribution is 7.91. The zero-order valence-corrected chi connectivity index (χ0v) is 21.7. The first-order valence-electron chi connectivity index (χ1n) is 12.2. The van der Waals surface area contributed by atoms with Crippen LogP contribution in [0.4, 0.5) is 14.5 Å². The van der Waals surface area contributed by atoms with Gasteiger partial charge in [-0.1, -0.05) is 0 Å². The number of anilines is 1. The first-order chi connectivity index (χ1) is 17.9. The summed E-state index contributed by atoms with van der Waals surface area (Å²) in [5, 5.41) is 13.8. The number of carbonyl (C=O) groups excluding carboxylic acids is 2. The number of rotatable bonds is 5. The summed E-state index contributed by atoms with van der Waals surface area (Å²) in [5.74, 6) is -2.29. The number of nitrogens with zero attached hydrogens (tertiary/aromatic N) is 3. The van der Waals surface area contributed by atoms with Gasteiger partial charge in [-0.25, -0.2) is 26.5 Å². The van der Waals surface area contributed by atoms with Crippen LogP contribution in [0.25, 0.3) is 0 Å². The first kappa shape index (κ1) is 26.0. The van der Waals surface area contributed by atoms with Gasteiger partial charge < -0.3 is 15.5 Å². The third kappa shape index (κ3) is 4.08. The average molecular weight is 547 g/mol. The summed E-state index contributed by atoms with van der Waals surface area (Å²) in [6.07, 6.45) is 3.21. The van der Waals surface area contributed by atoms with E-state index >= 15 is 4.39 Å². The molecule has 2 aromatic rings.